The van der Waals surface area contributed by atoms with Crippen molar-refractivity contribution in [1.29, 1.82) is 0 Å². The maximum absolute atomic E-state index is 12.7. The Hall–Kier alpha value is -3.91. The molecular formula is C28H29N5O2S. The minimum absolute atomic E-state index is 0.0488. The highest BCUT2D eigenvalue weighted by molar-refractivity contribution is 7.80. The molecule has 0 aliphatic carbocycles. The van der Waals surface area contributed by atoms with Crippen molar-refractivity contribution in [2.24, 2.45) is 0 Å². The van der Waals surface area contributed by atoms with Gasteiger partial charge >= 0.3 is 0 Å². The van der Waals surface area contributed by atoms with E-state index in [1.807, 2.05) is 60.7 Å². The summed E-state index contributed by atoms with van der Waals surface area (Å²) in [6, 6.07) is 21.3. The monoisotopic (exact) mass is 499 g/mol. The van der Waals surface area contributed by atoms with Crippen molar-refractivity contribution in [3.05, 3.63) is 108 Å². The molecule has 0 unspecified atom stereocenters. The Morgan fingerprint density at radius 1 is 1.11 bits per heavy atom. The van der Waals surface area contributed by atoms with E-state index >= 15 is 0 Å². The van der Waals surface area contributed by atoms with Crippen LogP contribution in [0.1, 0.15) is 46.9 Å². The normalized spacial score (nSPS) is 17.3. The first kappa shape index (κ1) is 23.8. The average molecular weight is 500 g/mol. The topological polar surface area (TPSA) is 75.3 Å². The fraction of sp³-hybridized carbons (Fsp3) is 0.250. The summed E-state index contributed by atoms with van der Waals surface area (Å²) >= 11 is 5.79. The van der Waals surface area contributed by atoms with E-state index in [9.17, 15) is 4.79 Å². The van der Waals surface area contributed by atoms with Crippen LogP contribution in [-0.2, 0) is 11.3 Å². The predicted octanol–water partition coefficient (Wildman–Crippen LogP) is 5.14. The Balaban J connectivity index is 1.43. The maximum atomic E-state index is 12.7. The molecule has 1 fully saturated rings. The summed E-state index contributed by atoms with van der Waals surface area (Å²) in [6.07, 6.45) is 3.81. The van der Waals surface area contributed by atoms with Gasteiger partial charge in [0.15, 0.2) is 5.11 Å². The number of aromatic nitrogens is 2. The van der Waals surface area contributed by atoms with Crippen LogP contribution in [0.3, 0.4) is 0 Å². The zero-order chi connectivity index (χ0) is 25.1. The number of hydrogen-bond donors (Lipinski definition) is 2. The zero-order valence-corrected chi connectivity index (χ0v) is 21.2. The lowest BCUT2D eigenvalue weighted by atomic mass is 9.96. The van der Waals surface area contributed by atoms with Gasteiger partial charge in [-0.3, -0.25) is 9.78 Å². The maximum Gasteiger partial charge on any atom is 0.226 e. The molecule has 2 N–H and O–H groups in total. The fourth-order valence-corrected chi connectivity index (χ4v) is 5.21. The number of benzene rings is 1. The van der Waals surface area contributed by atoms with Crippen molar-refractivity contribution in [3.63, 3.8) is 0 Å². The largest absolute Gasteiger partial charge is 0.467 e. The summed E-state index contributed by atoms with van der Waals surface area (Å²) in [7, 11) is 0. The van der Waals surface area contributed by atoms with Gasteiger partial charge < -0.3 is 24.5 Å². The number of nitrogens with one attached hydrogen (secondary N) is 2. The number of nitrogens with zero attached hydrogens (tertiary/aromatic N) is 3. The number of para-hydroxylation sites is 1. The van der Waals surface area contributed by atoms with Crippen LogP contribution in [0.4, 0.5) is 5.69 Å². The van der Waals surface area contributed by atoms with E-state index in [0.29, 0.717) is 24.6 Å². The molecule has 0 spiro atoms. The number of amides is 1. The highest BCUT2D eigenvalue weighted by Crippen LogP contribution is 2.41. The molecule has 4 aromatic rings. The number of thiocarbonyl (C=S) groups is 1. The van der Waals surface area contributed by atoms with E-state index in [-0.39, 0.29) is 18.0 Å². The molecule has 7 nitrogen and oxygen atoms in total. The average Bonchev–Trinajstić information content (AvgIpc) is 3.59. The third kappa shape index (κ3) is 4.90. The standard InChI is InChI=1S/C28H29N5O2S/c1-19-17-23(20(2)33(19)18-22-11-8-16-35-22)27-26(24-12-6-7-14-29-24)31-28(36)32(27)15-13-25(34)30-21-9-4-3-5-10-21/h3-12,14,16-17,26-27H,13,15,18H2,1-2H3,(H,30,34)(H,31,36)/t26-,27+/m1/s1. The third-order valence-electron chi connectivity index (χ3n) is 6.66. The van der Waals surface area contributed by atoms with Gasteiger partial charge in [0, 0.05) is 36.2 Å². The van der Waals surface area contributed by atoms with Gasteiger partial charge in [0.1, 0.15) is 5.76 Å². The van der Waals surface area contributed by atoms with Crippen LogP contribution in [0.5, 0.6) is 0 Å². The molecule has 1 aliphatic rings. The van der Waals surface area contributed by atoms with Crippen LogP contribution in [0.2, 0.25) is 0 Å². The molecular weight excluding hydrogens is 470 g/mol. The highest BCUT2D eigenvalue weighted by Gasteiger charge is 2.41. The van der Waals surface area contributed by atoms with E-state index in [1.54, 1.807) is 12.5 Å². The molecule has 36 heavy (non-hydrogen) atoms. The number of hydrogen-bond acceptors (Lipinski definition) is 4. The summed E-state index contributed by atoms with van der Waals surface area (Å²) in [4.78, 5) is 19.5. The number of anilines is 1. The van der Waals surface area contributed by atoms with Crippen molar-refractivity contribution in [1.82, 2.24) is 19.8 Å². The SMILES string of the molecule is Cc1cc([C@H]2[C@@H](c3ccccn3)NC(=S)N2CCC(=O)Nc2ccccc2)c(C)n1Cc1ccco1. The Bertz CT molecular complexity index is 1340. The van der Waals surface area contributed by atoms with Gasteiger partial charge in [-0.15, -0.1) is 0 Å². The lowest BCUT2D eigenvalue weighted by Gasteiger charge is -2.28. The van der Waals surface area contributed by atoms with Crippen molar-refractivity contribution in [2.75, 3.05) is 11.9 Å². The second-order valence-electron chi connectivity index (χ2n) is 8.98. The molecule has 1 aromatic carbocycles. The van der Waals surface area contributed by atoms with Crippen LogP contribution in [0.25, 0.3) is 0 Å². The van der Waals surface area contributed by atoms with Crippen LogP contribution >= 0.6 is 12.2 Å². The lowest BCUT2D eigenvalue weighted by Crippen LogP contribution is -2.32. The highest BCUT2D eigenvalue weighted by atomic mass is 32.1. The molecule has 1 aliphatic heterocycles. The van der Waals surface area contributed by atoms with E-state index in [0.717, 1.165) is 34.1 Å². The van der Waals surface area contributed by atoms with E-state index in [4.69, 9.17) is 16.6 Å². The molecule has 0 saturated carbocycles. The second-order valence-corrected chi connectivity index (χ2v) is 9.36. The van der Waals surface area contributed by atoms with Gasteiger partial charge in [0.05, 0.1) is 30.6 Å². The van der Waals surface area contributed by atoms with Crippen LogP contribution in [0, 0.1) is 13.8 Å². The minimum atomic E-state index is -0.131. The quantitative estimate of drug-likeness (QED) is 0.327. The van der Waals surface area contributed by atoms with Crippen LogP contribution in [0.15, 0.2) is 83.6 Å². The summed E-state index contributed by atoms with van der Waals surface area (Å²) in [6.45, 7) is 5.37. The number of carbonyl (C=O) groups excluding carboxylic acids is 1. The Labute approximate surface area is 216 Å². The molecule has 8 heteroatoms. The van der Waals surface area contributed by atoms with Gasteiger partial charge in [0.2, 0.25) is 5.91 Å². The van der Waals surface area contributed by atoms with Gasteiger partial charge in [-0.25, -0.2) is 0 Å². The van der Waals surface area contributed by atoms with Crippen LogP contribution in [-0.4, -0.2) is 32.0 Å². The van der Waals surface area contributed by atoms with E-state index < -0.39 is 0 Å². The predicted molar refractivity (Wildman–Crippen MR) is 144 cm³/mol. The number of pyridine rings is 1. The van der Waals surface area contributed by atoms with Gasteiger partial charge in [0.25, 0.3) is 0 Å². The first-order valence-corrected chi connectivity index (χ1v) is 12.4. The first-order chi connectivity index (χ1) is 17.5. The molecule has 0 bridgehead atoms. The second kappa shape index (κ2) is 10.4. The Kier molecular flexibility index (Phi) is 6.86. The number of aryl methyl sites for hydroxylation is 1. The number of furan rings is 1. The van der Waals surface area contributed by atoms with Crippen molar-refractivity contribution in [2.45, 2.75) is 38.9 Å². The first-order valence-electron chi connectivity index (χ1n) is 12.0. The third-order valence-corrected chi connectivity index (χ3v) is 7.01. The summed E-state index contributed by atoms with van der Waals surface area (Å²) in [5, 5.41) is 7.07. The molecule has 0 radical (unpaired) electrons. The van der Waals surface area contributed by atoms with Gasteiger partial charge in [-0.05, 0) is 74.1 Å². The van der Waals surface area contributed by atoms with Crippen LogP contribution < -0.4 is 10.6 Å². The van der Waals surface area contributed by atoms with Crippen molar-refractivity contribution < 1.29 is 9.21 Å². The molecule has 5 rings (SSSR count). The van der Waals surface area contributed by atoms with Crippen molar-refractivity contribution >= 4 is 28.9 Å². The summed E-state index contributed by atoms with van der Waals surface area (Å²) in [5.74, 6) is 0.853. The smallest absolute Gasteiger partial charge is 0.226 e. The lowest BCUT2D eigenvalue weighted by molar-refractivity contribution is -0.116. The van der Waals surface area contributed by atoms with Gasteiger partial charge in [-0.1, -0.05) is 24.3 Å². The van der Waals surface area contributed by atoms with E-state index in [1.165, 1.54) is 0 Å². The summed E-state index contributed by atoms with van der Waals surface area (Å²) < 4.78 is 7.86. The van der Waals surface area contributed by atoms with Crippen molar-refractivity contribution in [3.8, 4) is 0 Å². The molecule has 3 aromatic heterocycles. The Morgan fingerprint density at radius 2 is 1.92 bits per heavy atom. The zero-order valence-electron chi connectivity index (χ0n) is 20.3. The number of carbonyl (C=O) groups is 1. The Morgan fingerprint density at radius 3 is 2.64 bits per heavy atom. The van der Waals surface area contributed by atoms with E-state index in [2.05, 4.69) is 45.0 Å². The van der Waals surface area contributed by atoms with Gasteiger partial charge in [-0.2, -0.15) is 0 Å². The summed E-state index contributed by atoms with van der Waals surface area (Å²) in [5.41, 5.74) is 5.13. The molecule has 4 heterocycles. The molecule has 2 atom stereocenters. The number of rotatable bonds is 8. The molecule has 1 saturated heterocycles. The minimum Gasteiger partial charge on any atom is -0.467 e. The fourth-order valence-electron chi connectivity index (χ4n) is 4.88. The molecule has 1 amide bonds. The molecule has 184 valence electrons.